The maximum absolute atomic E-state index is 12.5. The Labute approximate surface area is 141 Å². The molecule has 138 valence electrons. The Hall–Kier alpha value is -1.71. The summed E-state index contributed by atoms with van der Waals surface area (Å²) in [5.74, 6) is -2.34. The molecule has 4 atom stereocenters. The van der Waals surface area contributed by atoms with Crippen molar-refractivity contribution in [2.24, 2.45) is 0 Å². The van der Waals surface area contributed by atoms with E-state index in [2.05, 4.69) is 16.8 Å². The molecular formula is C15H29N4O5+. The number of carbonyl (C=O) groups is 3. The molecule has 24 heavy (non-hydrogen) atoms. The van der Waals surface area contributed by atoms with Crippen LogP contribution in [0.4, 0.5) is 0 Å². The molecule has 0 aromatic heterocycles. The van der Waals surface area contributed by atoms with Crippen LogP contribution in [0.2, 0.25) is 0 Å². The molecule has 9 nitrogen and oxygen atoms in total. The van der Waals surface area contributed by atoms with Gasteiger partial charge in [-0.05, 0) is 32.6 Å². The van der Waals surface area contributed by atoms with Crippen LogP contribution >= 0.6 is 0 Å². The second-order valence-corrected chi connectivity index (χ2v) is 6.28. The van der Waals surface area contributed by atoms with Gasteiger partial charge in [-0.2, -0.15) is 0 Å². The number of aliphatic hydroxyl groups is 1. The zero-order valence-electron chi connectivity index (χ0n) is 14.2. The number of amides is 2. The quantitative estimate of drug-likeness (QED) is 0.309. The van der Waals surface area contributed by atoms with Crippen molar-refractivity contribution in [1.82, 2.24) is 10.2 Å². The van der Waals surface area contributed by atoms with Crippen LogP contribution in [0.25, 0.3) is 0 Å². The largest absolute Gasteiger partial charge is 0.548 e. The van der Waals surface area contributed by atoms with Crippen LogP contribution in [-0.2, 0) is 14.4 Å². The highest BCUT2D eigenvalue weighted by Crippen LogP contribution is 2.19. The SMILES string of the molecule is C[C@@H](O)[C@H](NC(=O)[C@H]1CCCN1C(=O)[C@@H]([NH3+])CCCC[NH3+])C(=O)[O-]. The van der Waals surface area contributed by atoms with Crippen LogP contribution in [0, 0.1) is 0 Å². The van der Waals surface area contributed by atoms with Crippen LogP contribution in [0.15, 0.2) is 0 Å². The number of likely N-dealkylation sites (tertiary alicyclic amines) is 1. The van der Waals surface area contributed by atoms with Crippen molar-refractivity contribution in [3.8, 4) is 0 Å². The Morgan fingerprint density at radius 1 is 1.38 bits per heavy atom. The van der Waals surface area contributed by atoms with Gasteiger partial charge in [0.1, 0.15) is 6.04 Å². The van der Waals surface area contributed by atoms with Crippen LogP contribution < -0.4 is 21.9 Å². The molecule has 0 aromatic rings. The van der Waals surface area contributed by atoms with Gasteiger partial charge in [-0.25, -0.2) is 0 Å². The molecule has 1 fully saturated rings. The minimum absolute atomic E-state index is 0.196. The summed E-state index contributed by atoms with van der Waals surface area (Å²) in [6.45, 7) is 2.51. The lowest BCUT2D eigenvalue weighted by Gasteiger charge is -2.28. The standard InChI is InChI=1S/C15H28N4O5/c1-9(20)12(15(23)24)18-13(21)11-6-4-8-19(11)14(22)10(17)5-2-3-7-16/h9-12,20H,2-8,16-17H2,1H3,(H,18,21)(H,23,24)/p+1/t9-,10+,11-,12+/m1/s1. The molecule has 0 spiro atoms. The van der Waals surface area contributed by atoms with Crippen molar-refractivity contribution in [3.05, 3.63) is 0 Å². The van der Waals surface area contributed by atoms with E-state index in [4.69, 9.17) is 0 Å². The molecular weight excluding hydrogens is 316 g/mol. The second-order valence-electron chi connectivity index (χ2n) is 6.28. The highest BCUT2D eigenvalue weighted by molar-refractivity contribution is 5.91. The zero-order valence-corrected chi connectivity index (χ0v) is 14.2. The van der Waals surface area contributed by atoms with Crippen molar-refractivity contribution in [2.45, 2.75) is 63.3 Å². The van der Waals surface area contributed by atoms with E-state index in [-0.39, 0.29) is 5.91 Å². The fourth-order valence-corrected chi connectivity index (χ4v) is 2.85. The lowest BCUT2D eigenvalue weighted by atomic mass is 10.1. The summed E-state index contributed by atoms with van der Waals surface area (Å²) in [5.41, 5.74) is 7.63. The van der Waals surface area contributed by atoms with Gasteiger partial charge < -0.3 is 36.7 Å². The second kappa shape index (κ2) is 9.55. The van der Waals surface area contributed by atoms with E-state index < -0.39 is 36.1 Å². The lowest BCUT2D eigenvalue weighted by Crippen LogP contribution is -2.69. The summed E-state index contributed by atoms with van der Waals surface area (Å²) in [5, 5.41) is 22.7. The lowest BCUT2D eigenvalue weighted by molar-refractivity contribution is -0.408. The number of hydrogen-bond donors (Lipinski definition) is 4. The summed E-state index contributed by atoms with van der Waals surface area (Å²) in [7, 11) is 0. The van der Waals surface area contributed by atoms with Crippen LogP contribution in [-0.4, -0.2) is 65.1 Å². The molecule has 0 aliphatic carbocycles. The fraction of sp³-hybridized carbons (Fsp3) is 0.800. The molecule has 0 aromatic carbocycles. The normalized spacial score (nSPS) is 21.2. The predicted octanol–water partition coefficient (Wildman–Crippen LogP) is -4.38. The first kappa shape index (κ1) is 20.3. The Bertz CT molecular complexity index is 457. The highest BCUT2D eigenvalue weighted by Gasteiger charge is 2.38. The fourth-order valence-electron chi connectivity index (χ4n) is 2.85. The molecule has 0 radical (unpaired) electrons. The molecule has 1 aliphatic heterocycles. The summed E-state index contributed by atoms with van der Waals surface area (Å²) in [6.07, 6.45) is 2.25. The maximum atomic E-state index is 12.5. The summed E-state index contributed by atoms with van der Waals surface area (Å²) in [4.78, 5) is 37.3. The topological polar surface area (TPSA) is 165 Å². The zero-order chi connectivity index (χ0) is 18.3. The van der Waals surface area contributed by atoms with E-state index in [1.807, 2.05) is 0 Å². The third kappa shape index (κ3) is 5.43. The summed E-state index contributed by atoms with van der Waals surface area (Å²) < 4.78 is 0. The number of nitrogens with zero attached hydrogens (tertiary/aromatic N) is 1. The van der Waals surface area contributed by atoms with Gasteiger partial charge in [0.2, 0.25) is 5.91 Å². The monoisotopic (exact) mass is 345 g/mol. The van der Waals surface area contributed by atoms with E-state index in [0.29, 0.717) is 25.8 Å². The summed E-state index contributed by atoms with van der Waals surface area (Å²) in [6, 6.07) is -2.66. The van der Waals surface area contributed by atoms with Crippen molar-refractivity contribution >= 4 is 17.8 Å². The average molecular weight is 345 g/mol. The first-order valence-corrected chi connectivity index (χ1v) is 8.41. The molecule has 8 N–H and O–H groups in total. The molecule has 1 aliphatic rings. The van der Waals surface area contributed by atoms with Gasteiger partial charge >= 0.3 is 0 Å². The molecule has 0 unspecified atom stereocenters. The van der Waals surface area contributed by atoms with E-state index in [1.54, 1.807) is 0 Å². The first-order chi connectivity index (χ1) is 11.3. The number of unbranched alkanes of at least 4 members (excludes halogenated alkanes) is 1. The third-order valence-corrected chi connectivity index (χ3v) is 4.27. The van der Waals surface area contributed by atoms with Gasteiger partial charge in [0.15, 0.2) is 6.04 Å². The van der Waals surface area contributed by atoms with Crippen molar-refractivity contribution in [3.63, 3.8) is 0 Å². The highest BCUT2D eigenvalue weighted by atomic mass is 16.4. The summed E-state index contributed by atoms with van der Waals surface area (Å²) >= 11 is 0. The number of carbonyl (C=O) groups excluding carboxylic acids is 3. The molecule has 2 amide bonds. The van der Waals surface area contributed by atoms with E-state index in [1.165, 1.54) is 11.8 Å². The number of aliphatic hydroxyl groups excluding tert-OH is 1. The van der Waals surface area contributed by atoms with Crippen LogP contribution in [0.3, 0.4) is 0 Å². The molecule has 1 heterocycles. The molecule has 0 saturated carbocycles. The number of aliphatic carboxylic acids is 1. The molecule has 1 rings (SSSR count). The van der Waals surface area contributed by atoms with Crippen LogP contribution in [0.1, 0.15) is 39.0 Å². The van der Waals surface area contributed by atoms with Gasteiger partial charge in [-0.1, -0.05) is 0 Å². The smallest absolute Gasteiger partial charge is 0.281 e. The molecule has 0 bridgehead atoms. The van der Waals surface area contributed by atoms with E-state index in [0.717, 1.165) is 19.4 Å². The van der Waals surface area contributed by atoms with Crippen molar-refractivity contribution in [1.29, 1.82) is 0 Å². The van der Waals surface area contributed by atoms with Gasteiger partial charge in [-0.15, -0.1) is 0 Å². The van der Waals surface area contributed by atoms with Gasteiger partial charge in [0, 0.05) is 13.0 Å². The first-order valence-electron chi connectivity index (χ1n) is 8.41. The number of nitrogens with one attached hydrogen (secondary N) is 1. The Morgan fingerprint density at radius 3 is 2.58 bits per heavy atom. The molecule has 1 saturated heterocycles. The van der Waals surface area contributed by atoms with Crippen molar-refractivity contribution < 1.29 is 36.1 Å². The average Bonchev–Trinajstić information content (AvgIpc) is 3.00. The van der Waals surface area contributed by atoms with Crippen LogP contribution in [0.5, 0.6) is 0 Å². The number of carboxylic acids is 1. The number of carboxylic acid groups (broad SMARTS) is 1. The Morgan fingerprint density at radius 2 is 2.04 bits per heavy atom. The molecule has 9 heteroatoms. The van der Waals surface area contributed by atoms with Gasteiger partial charge in [-0.3, -0.25) is 9.59 Å². The van der Waals surface area contributed by atoms with Crippen molar-refractivity contribution in [2.75, 3.05) is 13.1 Å². The Kier molecular flexibility index (Phi) is 8.09. The van der Waals surface area contributed by atoms with E-state index in [9.17, 15) is 24.6 Å². The number of rotatable bonds is 9. The van der Waals surface area contributed by atoms with Gasteiger partial charge in [0.25, 0.3) is 5.91 Å². The Balaban J connectivity index is 2.68. The van der Waals surface area contributed by atoms with Gasteiger partial charge in [0.05, 0.1) is 24.7 Å². The predicted molar refractivity (Wildman–Crippen MR) is 81.6 cm³/mol. The van der Waals surface area contributed by atoms with E-state index >= 15 is 0 Å². The maximum Gasteiger partial charge on any atom is 0.281 e. The number of quaternary nitrogens is 2. The number of hydrogen-bond acceptors (Lipinski definition) is 5. The minimum Gasteiger partial charge on any atom is -0.548 e. The third-order valence-electron chi connectivity index (χ3n) is 4.27. The minimum atomic E-state index is -1.56.